The first-order valence-corrected chi connectivity index (χ1v) is 5.97. The lowest BCUT2D eigenvalue weighted by Gasteiger charge is -2.16. The van der Waals surface area contributed by atoms with Crippen molar-refractivity contribution in [2.45, 2.75) is 12.0 Å². The number of methoxy groups -OCH3 is 2. The molecule has 1 aromatic rings. The zero-order chi connectivity index (χ0) is 14.1. The molecule has 2 atom stereocenters. The van der Waals surface area contributed by atoms with E-state index in [1.54, 1.807) is 38.5 Å². The fraction of sp³-hybridized carbons (Fsp3) is 0.429. The van der Waals surface area contributed by atoms with Gasteiger partial charge in [0.1, 0.15) is 5.92 Å². The quantitative estimate of drug-likeness (QED) is 0.798. The Morgan fingerprint density at radius 1 is 1.37 bits per heavy atom. The number of hydrogen-bond acceptors (Lipinski definition) is 4. The van der Waals surface area contributed by atoms with Gasteiger partial charge in [-0.15, -0.1) is 0 Å². The standard InChI is InChI=1S/C14H18N2O3/c1-18-10-12(19-2)9-16-14(17)13(8-15)11-6-4-3-5-7-11/h3-7,12-13H,9-10H2,1-2H3,(H,16,17). The Labute approximate surface area is 113 Å². The van der Waals surface area contributed by atoms with E-state index in [-0.39, 0.29) is 12.0 Å². The van der Waals surface area contributed by atoms with Crippen LogP contribution in [-0.2, 0) is 14.3 Å². The molecule has 0 fully saturated rings. The SMILES string of the molecule is COCC(CNC(=O)C(C#N)c1ccccc1)OC. The summed E-state index contributed by atoms with van der Waals surface area (Å²) in [5.41, 5.74) is 0.684. The molecule has 1 aromatic carbocycles. The number of nitrogens with one attached hydrogen (secondary N) is 1. The predicted octanol–water partition coefficient (Wildman–Crippen LogP) is 1.07. The lowest BCUT2D eigenvalue weighted by atomic mass is 10.00. The average molecular weight is 262 g/mol. The van der Waals surface area contributed by atoms with E-state index in [1.165, 1.54) is 0 Å². The Hall–Kier alpha value is -1.90. The molecule has 102 valence electrons. The van der Waals surface area contributed by atoms with Crippen molar-refractivity contribution in [1.82, 2.24) is 5.32 Å². The van der Waals surface area contributed by atoms with Gasteiger partial charge in [-0.05, 0) is 5.56 Å². The molecule has 0 aliphatic heterocycles. The van der Waals surface area contributed by atoms with Crippen molar-refractivity contribution in [3.8, 4) is 6.07 Å². The van der Waals surface area contributed by atoms with Gasteiger partial charge in [0.05, 0.1) is 18.8 Å². The van der Waals surface area contributed by atoms with E-state index in [9.17, 15) is 4.79 Å². The average Bonchev–Trinajstić information content (AvgIpc) is 2.45. The third kappa shape index (κ3) is 4.70. The van der Waals surface area contributed by atoms with Gasteiger partial charge in [-0.2, -0.15) is 5.26 Å². The van der Waals surface area contributed by atoms with Crippen LogP contribution in [0.4, 0.5) is 0 Å². The number of amides is 1. The molecule has 0 heterocycles. The Morgan fingerprint density at radius 3 is 2.58 bits per heavy atom. The van der Waals surface area contributed by atoms with Crippen LogP contribution in [0.2, 0.25) is 0 Å². The summed E-state index contributed by atoms with van der Waals surface area (Å²) in [4.78, 5) is 12.0. The van der Waals surface area contributed by atoms with Crippen molar-refractivity contribution >= 4 is 5.91 Å². The molecule has 0 saturated carbocycles. The fourth-order valence-corrected chi connectivity index (χ4v) is 1.64. The predicted molar refractivity (Wildman–Crippen MR) is 70.5 cm³/mol. The van der Waals surface area contributed by atoms with Crippen molar-refractivity contribution in [2.24, 2.45) is 0 Å². The maximum absolute atomic E-state index is 12.0. The highest BCUT2D eigenvalue weighted by molar-refractivity contribution is 5.86. The number of nitrogens with zero attached hydrogens (tertiary/aromatic N) is 1. The number of hydrogen-bond donors (Lipinski definition) is 1. The number of ether oxygens (including phenoxy) is 2. The zero-order valence-corrected chi connectivity index (χ0v) is 11.1. The summed E-state index contributed by atoms with van der Waals surface area (Å²) in [6.07, 6.45) is -0.218. The minimum atomic E-state index is -0.804. The Bertz CT molecular complexity index is 428. The Balaban J connectivity index is 2.59. The highest BCUT2D eigenvalue weighted by Crippen LogP contribution is 2.14. The summed E-state index contributed by atoms with van der Waals surface area (Å²) in [5.74, 6) is -1.13. The number of nitriles is 1. The molecular formula is C14H18N2O3. The minimum Gasteiger partial charge on any atom is -0.382 e. The van der Waals surface area contributed by atoms with Crippen LogP contribution in [0, 0.1) is 11.3 Å². The van der Waals surface area contributed by atoms with Gasteiger partial charge in [0.2, 0.25) is 5.91 Å². The Kier molecular flexibility index (Phi) is 6.58. The van der Waals surface area contributed by atoms with E-state index in [0.717, 1.165) is 0 Å². The molecule has 0 saturated heterocycles. The van der Waals surface area contributed by atoms with E-state index in [4.69, 9.17) is 14.7 Å². The fourth-order valence-electron chi connectivity index (χ4n) is 1.64. The van der Waals surface area contributed by atoms with Crippen LogP contribution in [-0.4, -0.2) is 39.4 Å². The van der Waals surface area contributed by atoms with E-state index in [0.29, 0.717) is 18.7 Å². The molecule has 0 bridgehead atoms. The van der Waals surface area contributed by atoms with Crippen molar-refractivity contribution in [2.75, 3.05) is 27.4 Å². The highest BCUT2D eigenvalue weighted by atomic mass is 16.5. The van der Waals surface area contributed by atoms with Crippen molar-refractivity contribution in [3.63, 3.8) is 0 Å². The van der Waals surface area contributed by atoms with Gasteiger partial charge in [-0.25, -0.2) is 0 Å². The molecule has 1 rings (SSSR count). The normalized spacial score (nSPS) is 13.3. The third-order valence-electron chi connectivity index (χ3n) is 2.71. The van der Waals surface area contributed by atoms with Crippen LogP contribution in [0.25, 0.3) is 0 Å². The van der Waals surface area contributed by atoms with Crippen LogP contribution in [0.15, 0.2) is 30.3 Å². The second-order valence-electron chi connectivity index (χ2n) is 4.03. The summed E-state index contributed by atoms with van der Waals surface area (Å²) in [6.45, 7) is 0.702. The smallest absolute Gasteiger partial charge is 0.241 e. The third-order valence-corrected chi connectivity index (χ3v) is 2.71. The zero-order valence-electron chi connectivity index (χ0n) is 11.1. The lowest BCUT2D eigenvalue weighted by Crippen LogP contribution is -2.37. The van der Waals surface area contributed by atoms with Crippen molar-refractivity contribution in [1.29, 1.82) is 5.26 Å². The molecular weight excluding hydrogens is 244 g/mol. The molecule has 0 aromatic heterocycles. The van der Waals surface area contributed by atoms with Crippen LogP contribution in [0.3, 0.4) is 0 Å². The van der Waals surface area contributed by atoms with Gasteiger partial charge in [-0.1, -0.05) is 30.3 Å². The van der Waals surface area contributed by atoms with Crippen LogP contribution in [0.5, 0.6) is 0 Å². The van der Waals surface area contributed by atoms with Crippen LogP contribution >= 0.6 is 0 Å². The van der Waals surface area contributed by atoms with E-state index in [1.807, 2.05) is 12.1 Å². The van der Waals surface area contributed by atoms with E-state index < -0.39 is 5.92 Å². The maximum Gasteiger partial charge on any atom is 0.241 e. The van der Waals surface area contributed by atoms with Crippen LogP contribution < -0.4 is 5.32 Å². The van der Waals surface area contributed by atoms with Gasteiger partial charge in [0, 0.05) is 20.8 Å². The lowest BCUT2D eigenvalue weighted by molar-refractivity contribution is -0.122. The molecule has 1 N–H and O–H groups in total. The molecule has 2 unspecified atom stereocenters. The second-order valence-corrected chi connectivity index (χ2v) is 4.03. The monoisotopic (exact) mass is 262 g/mol. The highest BCUT2D eigenvalue weighted by Gasteiger charge is 2.20. The molecule has 19 heavy (non-hydrogen) atoms. The maximum atomic E-state index is 12.0. The van der Waals surface area contributed by atoms with Gasteiger partial charge in [0.25, 0.3) is 0 Å². The van der Waals surface area contributed by atoms with Crippen molar-refractivity contribution < 1.29 is 14.3 Å². The van der Waals surface area contributed by atoms with Gasteiger partial charge in [0.15, 0.2) is 0 Å². The van der Waals surface area contributed by atoms with Crippen LogP contribution in [0.1, 0.15) is 11.5 Å². The Morgan fingerprint density at radius 2 is 2.05 bits per heavy atom. The van der Waals surface area contributed by atoms with E-state index >= 15 is 0 Å². The molecule has 5 nitrogen and oxygen atoms in total. The number of carbonyl (C=O) groups is 1. The summed E-state index contributed by atoms with van der Waals surface area (Å²) >= 11 is 0. The molecule has 1 amide bonds. The number of carbonyl (C=O) groups excluding carboxylic acids is 1. The van der Waals surface area contributed by atoms with E-state index in [2.05, 4.69) is 5.32 Å². The first-order valence-electron chi connectivity index (χ1n) is 5.97. The minimum absolute atomic E-state index is 0.218. The largest absolute Gasteiger partial charge is 0.382 e. The van der Waals surface area contributed by atoms with Gasteiger partial charge < -0.3 is 14.8 Å². The molecule has 0 aliphatic carbocycles. The summed E-state index contributed by atoms with van der Waals surface area (Å²) in [5, 5.41) is 11.8. The van der Waals surface area contributed by atoms with Gasteiger partial charge in [-0.3, -0.25) is 4.79 Å². The summed E-state index contributed by atoms with van der Waals surface area (Å²) < 4.78 is 10.1. The van der Waals surface area contributed by atoms with Gasteiger partial charge >= 0.3 is 0 Å². The number of benzene rings is 1. The molecule has 0 radical (unpaired) electrons. The first-order chi connectivity index (χ1) is 9.22. The molecule has 5 heteroatoms. The first kappa shape index (κ1) is 15.2. The number of rotatable bonds is 7. The molecule has 0 spiro atoms. The second kappa shape index (κ2) is 8.25. The summed E-state index contributed by atoms with van der Waals surface area (Å²) in [7, 11) is 3.12. The topological polar surface area (TPSA) is 71.3 Å². The van der Waals surface area contributed by atoms with Crippen molar-refractivity contribution in [3.05, 3.63) is 35.9 Å². The summed E-state index contributed by atoms with van der Waals surface area (Å²) in [6, 6.07) is 11.0. The molecule has 0 aliphatic rings.